The van der Waals surface area contributed by atoms with Gasteiger partial charge in [-0.2, -0.15) is 36.6 Å². The maximum absolute atomic E-state index is 13.2. The van der Waals surface area contributed by atoms with Crippen molar-refractivity contribution in [2.45, 2.75) is 12.4 Å². The normalized spacial score (nSPS) is 11.8. The molecule has 8 rings (SSSR count). The molecule has 20 heteroatoms. The molecule has 68 heavy (non-hydrogen) atoms. The van der Waals surface area contributed by atoms with E-state index in [1.54, 1.807) is 66.7 Å². The molecular weight excluding hydrogens is 895 g/mol. The molecule has 0 atom stereocenters. The van der Waals surface area contributed by atoms with Gasteiger partial charge >= 0.3 is 24.3 Å². The van der Waals surface area contributed by atoms with Gasteiger partial charge < -0.3 is 20.8 Å². The number of aromatic nitrogens is 4. The number of rotatable bonds is 13. The predicted octanol–water partition coefficient (Wildman–Crippen LogP) is 14.0. The average Bonchev–Trinajstić information content (AvgIpc) is 3.33. The van der Waals surface area contributed by atoms with E-state index < -0.39 is 35.4 Å². The first-order valence-corrected chi connectivity index (χ1v) is 19.9. The minimum atomic E-state index is -4.53. The lowest BCUT2D eigenvalue weighted by Crippen LogP contribution is -2.05. The van der Waals surface area contributed by atoms with E-state index in [2.05, 4.69) is 51.0 Å². The van der Waals surface area contributed by atoms with Gasteiger partial charge in [0.05, 0.1) is 56.4 Å². The van der Waals surface area contributed by atoms with Crippen LogP contribution in [-0.4, -0.2) is 42.1 Å². The maximum Gasteiger partial charge on any atom is 0.416 e. The molecule has 14 nitrogen and oxygen atoms in total. The summed E-state index contributed by atoms with van der Waals surface area (Å²) in [6.07, 6.45) is -6.14. The van der Waals surface area contributed by atoms with Crippen LogP contribution in [0, 0.1) is 0 Å². The minimum Gasteiger partial charge on any atom is -0.478 e. The molecule has 0 bridgehead atoms. The van der Waals surface area contributed by atoms with Crippen LogP contribution in [-0.2, 0) is 12.4 Å². The van der Waals surface area contributed by atoms with Gasteiger partial charge in [-0.3, -0.25) is 0 Å². The van der Waals surface area contributed by atoms with E-state index in [9.17, 15) is 46.1 Å². The number of azo groups is 2. The standard InChI is InChI=1S/C48H30F6N10O4/c49-47(50,51)29-8-14-31(15-9-29)57-45-55-23-21-39(59-45)36-3-1-2-4-41(36)63-62-34-18-19-35(37(26-34)44(67)68)28-7-20-42(64-61-33-12-5-27(6-13-33)43(65)66)38(25-28)40-22-24-56-46(60-40)58-32-16-10-30(11-17-32)48(52,53)54/h1-26H,(H,65,66)(H,67,68)(H,55,57,59)(H,56,58,60). The Balaban J connectivity index is 1.10. The third-order valence-electron chi connectivity index (χ3n) is 9.91. The van der Waals surface area contributed by atoms with Gasteiger partial charge in [0.15, 0.2) is 0 Å². The van der Waals surface area contributed by atoms with Gasteiger partial charge in [0, 0.05) is 34.9 Å². The van der Waals surface area contributed by atoms with Gasteiger partial charge in [-0.15, -0.1) is 10.2 Å². The first-order valence-electron chi connectivity index (χ1n) is 19.9. The number of hydrogen-bond acceptors (Lipinski definition) is 12. The molecule has 8 aromatic rings. The number of benzene rings is 6. The second-order valence-corrected chi connectivity index (χ2v) is 14.5. The van der Waals surface area contributed by atoms with Crippen molar-refractivity contribution in [2.24, 2.45) is 20.5 Å². The van der Waals surface area contributed by atoms with Gasteiger partial charge in [-0.05, 0) is 126 Å². The van der Waals surface area contributed by atoms with E-state index in [0.29, 0.717) is 39.4 Å². The monoisotopic (exact) mass is 924 g/mol. The number of carbonyl (C=O) groups is 2. The molecule has 0 saturated carbocycles. The highest BCUT2D eigenvalue weighted by atomic mass is 19.4. The van der Waals surface area contributed by atoms with Crippen LogP contribution in [0.2, 0.25) is 0 Å². The van der Waals surface area contributed by atoms with Gasteiger partial charge in [-0.1, -0.05) is 30.3 Å². The lowest BCUT2D eigenvalue weighted by Gasteiger charge is -2.12. The van der Waals surface area contributed by atoms with Crippen molar-refractivity contribution in [1.29, 1.82) is 0 Å². The van der Waals surface area contributed by atoms with Crippen molar-refractivity contribution >= 4 is 58.0 Å². The molecular formula is C48H30F6N10O4. The van der Waals surface area contributed by atoms with Crippen molar-refractivity contribution in [3.8, 4) is 33.6 Å². The van der Waals surface area contributed by atoms with E-state index in [1.807, 2.05) is 0 Å². The Bertz CT molecular complexity index is 3220. The Morgan fingerprint density at radius 2 is 1.00 bits per heavy atom. The zero-order valence-corrected chi connectivity index (χ0v) is 34.6. The highest BCUT2D eigenvalue weighted by molar-refractivity contribution is 5.98. The van der Waals surface area contributed by atoms with Crippen LogP contribution in [0.1, 0.15) is 31.8 Å². The summed E-state index contributed by atoms with van der Waals surface area (Å²) in [7, 11) is 0. The van der Waals surface area contributed by atoms with Crippen LogP contribution in [0.5, 0.6) is 0 Å². The van der Waals surface area contributed by atoms with E-state index in [0.717, 1.165) is 24.3 Å². The fraction of sp³-hybridized carbons (Fsp3) is 0.0417. The number of nitrogens with one attached hydrogen (secondary N) is 2. The smallest absolute Gasteiger partial charge is 0.416 e. The van der Waals surface area contributed by atoms with Crippen LogP contribution >= 0.6 is 0 Å². The van der Waals surface area contributed by atoms with E-state index >= 15 is 0 Å². The second kappa shape index (κ2) is 19.1. The SMILES string of the molecule is O=C(O)c1ccc(N=Nc2ccc(-c3ccc(N=Nc4ccccc4-c4ccnc(Nc5ccc(C(F)(F)F)cc5)n4)cc3C(=O)O)cc2-c2ccnc(Nc3ccc(C(F)(F)F)cc3)n2)cc1. The molecule has 0 fully saturated rings. The molecule has 338 valence electrons. The fourth-order valence-electron chi connectivity index (χ4n) is 6.57. The van der Waals surface area contributed by atoms with Crippen molar-refractivity contribution in [1.82, 2.24) is 19.9 Å². The largest absolute Gasteiger partial charge is 0.478 e. The lowest BCUT2D eigenvalue weighted by molar-refractivity contribution is -0.138. The molecule has 0 aliphatic rings. The molecule has 2 heterocycles. The van der Waals surface area contributed by atoms with Crippen LogP contribution in [0.25, 0.3) is 33.6 Å². The van der Waals surface area contributed by atoms with Gasteiger partial charge in [0.2, 0.25) is 11.9 Å². The summed E-state index contributed by atoms with van der Waals surface area (Å²) in [5.74, 6) is -2.27. The quantitative estimate of drug-likeness (QED) is 0.0637. The molecule has 0 amide bonds. The third kappa shape index (κ3) is 10.8. The Labute approximate surface area is 380 Å². The number of carboxylic acid groups (broad SMARTS) is 2. The lowest BCUT2D eigenvalue weighted by atomic mass is 9.96. The third-order valence-corrected chi connectivity index (χ3v) is 9.91. The van der Waals surface area contributed by atoms with E-state index in [1.165, 1.54) is 67.0 Å². The summed E-state index contributed by atoms with van der Waals surface area (Å²) in [6.45, 7) is 0. The summed E-state index contributed by atoms with van der Waals surface area (Å²) in [6, 6.07) is 33.6. The highest BCUT2D eigenvalue weighted by Crippen LogP contribution is 2.39. The fourth-order valence-corrected chi connectivity index (χ4v) is 6.57. The molecule has 0 aliphatic carbocycles. The summed E-state index contributed by atoms with van der Waals surface area (Å²) < 4.78 is 78.8. The molecule has 4 N–H and O–H groups in total. The van der Waals surface area contributed by atoms with E-state index in [-0.39, 0.29) is 51.3 Å². The summed E-state index contributed by atoms with van der Waals surface area (Å²) in [5.41, 5.74) is 2.25. The molecule has 0 spiro atoms. The van der Waals surface area contributed by atoms with Crippen LogP contribution < -0.4 is 10.6 Å². The molecule has 2 aromatic heterocycles. The molecule has 0 saturated heterocycles. The van der Waals surface area contributed by atoms with E-state index in [4.69, 9.17) is 0 Å². The highest BCUT2D eigenvalue weighted by Gasteiger charge is 2.31. The van der Waals surface area contributed by atoms with Crippen molar-refractivity contribution in [3.05, 3.63) is 180 Å². The first kappa shape index (κ1) is 45.4. The number of anilines is 4. The number of nitrogens with zero attached hydrogens (tertiary/aromatic N) is 8. The number of hydrogen-bond donors (Lipinski definition) is 4. The molecule has 0 aliphatic heterocycles. The van der Waals surface area contributed by atoms with Crippen molar-refractivity contribution in [3.63, 3.8) is 0 Å². The number of carboxylic acids is 2. The number of aromatic carboxylic acids is 2. The number of halogens is 6. The minimum absolute atomic E-state index is 0.0253. The predicted molar refractivity (Wildman–Crippen MR) is 239 cm³/mol. The second-order valence-electron chi connectivity index (χ2n) is 14.5. The summed E-state index contributed by atoms with van der Waals surface area (Å²) in [4.78, 5) is 41.7. The zero-order chi connectivity index (χ0) is 48.0. The Hall–Kier alpha value is -9.20. The Morgan fingerprint density at radius 1 is 0.485 bits per heavy atom. The molecule has 6 aromatic carbocycles. The van der Waals surface area contributed by atoms with Crippen LogP contribution in [0.3, 0.4) is 0 Å². The zero-order valence-electron chi connectivity index (χ0n) is 34.6. The molecule has 0 unspecified atom stereocenters. The Kier molecular flexibility index (Phi) is 12.7. The average molecular weight is 925 g/mol. The van der Waals surface area contributed by atoms with Gasteiger partial charge in [0.25, 0.3) is 0 Å². The van der Waals surface area contributed by atoms with Crippen molar-refractivity contribution < 1.29 is 46.1 Å². The topological polar surface area (TPSA) is 200 Å². The number of alkyl halides is 6. The first-order chi connectivity index (χ1) is 32.6. The maximum atomic E-state index is 13.2. The Morgan fingerprint density at radius 3 is 1.54 bits per heavy atom. The van der Waals surface area contributed by atoms with Gasteiger partial charge in [-0.25, -0.2) is 29.5 Å². The van der Waals surface area contributed by atoms with Crippen molar-refractivity contribution in [2.75, 3.05) is 10.6 Å². The van der Waals surface area contributed by atoms with Gasteiger partial charge in [0.1, 0.15) is 0 Å². The van der Waals surface area contributed by atoms with Crippen LogP contribution in [0.15, 0.2) is 178 Å². The molecule has 0 radical (unpaired) electrons. The summed E-state index contributed by atoms with van der Waals surface area (Å²) in [5, 5.41) is 42.9. The summed E-state index contributed by atoms with van der Waals surface area (Å²) >= 11 is 0. The van der Waals surface area contributed by atoms with Crippen LogP contribution in [0.4, 0.5) is 72.4 Å².